The lowest BCUT2D eigenvalue weighted by Crippen LogP contribution is -2.69. The van der Waals surface area contributed by atoms with E-state index >= 15 is 0 Å². The van der Waals surface area contributed by atoms with Crippen LogP contribution >= 0.6 is 0 Å². The summed E-state index contributed by atoms with van der Waals surface area (Å²) >= 11 is 0. The van der Waals surface area contributed by atoms with Gasteiger partial charge in [0.2, 0.25) is 5.79 Å². The lowest BCUT2D eigenvalue weighted by atomic mass is 9.55. The number of non-ortho nitro benzene ring substituents is 1. The smallest absolute Gasteiger partial charge is 0.417 e. The van der Waals surface area contributed by atoms with Crippen LogP contribution in [0.25, 0.3) is 0 Å². The second-order valence-corrected chi connectivity index (χ2v) is 17.8. The van der Waals surface area contributed by atoms with Crippen LogP contribution in [0.4, 0.5) is 21.0 Å². The van der Waals surface area contributed by atoms with Gasteiger partial charge in [0.25, 0.3) is 5.69 Å². The van der Waals surface area contributed by atoms with E-state index in [-0.39, 0.29) is 69.3 Å². The number of amides is 2. The van der Waals surface area contributed by atoms with Crippen molar-refractivity contribution in [2.45, 2.75) is 75.9 Å². The fraction of sp³-hybridized carbons (Fsp3) is 0.426. The van der Waals surface area contributed by atoms with Gasteiger partial charge in [0.15, 0.2) is 0 Å². The Morgan fingerprint density at radius 3 is 2.36 bits per heavy atom. The highest BCUT2D eigenvalue weighted by Crippen LogP contribution is 2.62. The highest BCUT2D eigenvalue weighted by Gasteiger charge is 2.65. The van der Waals surface area contributed by atoms with Crippen LogP contribution in [0.15, 0.2) is 120 Å². The first-order valence-electron chi connectivity index (χ1n) is 24.2. The number of unbranched alkanes of at least 4 members (excludes halogenated alkanes) is 2. The molecule has 2 amide bonds. The summed E-state index contributed by atoms with van der Waals surface area (Å²) in [6, 6.07) is 24.9. The third-order valence-corrected chi connectivity index (χ3v) is 13.4. The summed E-state index contributed by atoms with van der Waals surface area (Å²) in [5.74, 6) is -1.30. The summed E-state index contributed by atoms with van der Waals surface area (Å²) in [5.41, 5.74) is 3.96. The number of benzene rings is 4. The van der Waals surface area contributed by atoms with Gasteiger partial charge < -0.3 is 53.1 Å². The van der Waals surface area contributed by atoms with Crippen molar-refractivity contribution in [3.63, 3.8) is 0 Å². The number of anilines is 1. The molecule has 0 bridgehead atoms. The lowest BCUT2D eigenvalue weighted by molar-refractivity contribution is -0.384. The van der Waals surface area contributed by atoms with Crippen LogP contribution in [0.5, 0.6) is 23.0 Å². The molecule has 1 saturated carbocycles. The van der Waals surface area contributed by atoms with E-state index in [0.717, 1.165) is 16.7 Å². The quantitative estimate of drug-likeness (QED) is 0.0244. The van der Waals surface area contributed by atoms with E-state index in [2.05, 4.69) is 18.0 Å². The molecule has 0 saturated heterocycles. The molecule has 1 aliphatic heterocycles. The van der Waals surface area contributed by atoms with E-state index in [0.29, 0.717) is 79.3 Å². The van der Waals surface area contributed by atoms with E-state index in [1.165, 1.54) is 31.3 Å². The number of nitro benzene ring substituents is 1. The summed E-state index contributed by atoms with van der Waals surface area (Å²) in [6.07, 6.45) is 6.40. The molecule has 1 heterocycles. The molecule has 0 radical (unpaired) electrons. The fourth-order valence-corrected chi connectivity index (χ4v) is 10.0. The standard InChI is InChI=1S/C54H64N4O14/c1-5-27-69-54-49(57(2)53(62)68-29-28-67-34-36-13-7-6-8-14-36)33-46(56-70-35-37-17-19-39(20-18-37)58(63)64)43-30-38(15-9-11-25-59)42(16-10-12-26-60)50(51(43)54)44-31-41(22-24-47(44)72-54)71-52(61)55-45-23-21-40(65-3)32-48(45)66-4/h5-8,13-14,17-24,30-32,38,42,49-51,59-60H,1,9-12,15-16,25-29,33-35H2,2-4H3,(H,55,61)/t38-,42+,49-,50+,51+,54+/m0/s1. The number of hydrogen-bond donors (Lipinski definition) is 3. The van der Waals surface area contributed by atoms with Crippen molar-refractivity contribution in [2.24, 2.45) is 22.9 Å². The molecular weight excluding hydrogens is 929 g/mol. The number of nitro groups is 1. The number of aliphatic hydroxyl groups is 2. The zero-order valence-electron chi connectivity index (χ0n) is 40.9. The molecule has 0 spiro atoms. The predicted molar refractivity (Wildman–Crippen MR) is 267 cm³/mol. The first-order valence-corrected chi connectivity index (χ1v) is 24.2. The molecule has 3 aliphatic rings. The second kappa shape index (κ2) is 25.4. The summed E-state index contributed by atoms with van der Waals surface area (Å²) in [7, 11) is 4.64. The number of carbonyl (C=O) groups is 2. The molecule has 1 fully saturated rings. The van der Waals surface area contributed by atoms with Crippen LogP contribution in [0.1, 0.15) is 67.6 Å². The maximum absolute atomic E-state index is 14.3. The number of aliphatic hydroxyl groups excluding tert-OH is 2. The summed E-state index contributed by atoms with van der Waals surface area (Å²) < 4.78 is 42.7. The van der Waals surface area contributed by atoms with Crippen LogP contribution in [0.2, 0.25) is 0 Å². The van der Waals surface area contributed by atoms with Gasteiger partial charge in [-0.3, -0.25) is 15.4 Å². The molecule has 0 aromatic heterocycles. The molecule has 18 heteroatoms. The van der Waals surface area contributed by atoms with Crippen LogP contribution in [0.3, 0.4) is 0 Å². The monoisotopic (exact) mass is 992 g/mol. The van der Waals surface area contributed by atoms with Crippen LogP contribution in [0, 0.1) is 27.9 Å². The van der Waals surface area contributed by atoms with Crippen molar-refractivity contribution in [3.8, 4) is 23.0 Å². The third-order valence-electron chi connectivity index (χ3n) is 13.4. The van der Waals surface area contributed by atoms with Gasteiger partial charge in [-0.2, -0.15) is 0 Å². The number of ether oxygens (including phenoxy) is 7. The fourth-order valence-electron chi connectivity index (χ4n) is 10.0. The first kappa shape index (κ1) is 52.8. The Kier molecular flexibility index (Phi) is 18.6. The minimum atomic E-state index is -1.58. The number of carbonyl (C=O) groups excluding carboxylic acids is 2. The number of likely N-dealkylation sites (N-methyl/N-ethyl adjacent to an activating group) is 1. The van der Waals surface area contributed by atoms with Crippen molar-refractivity contribution in [1.29, 1.82) is 0 Å². The van der Waals surface area contributed by atoms with Gasteiger partial charge in [0.05, 0.1) is 56.3 Å². The predicted octanol–water partition coefficient (Wildman–Crippen LogP) is 9.34. The number of oxime groups is 1. The number of nitrogens with zero attached hydrogens (tertiary/aromatic N) is 3. The molecule has 384 valence electrons. The number of fused-ring (bicyclic) bond motifs is 2. The van der Waals surface area contributed by atoms with Gasteiger partial charge >= 0.3 is 12.2 Å². The molecule has 0 unspecified atom stereocenters. The molecule has 7 rings (SSSR count). The Balaban J connectivity index is 1.31. The minimum Gasteiger partial charge on any atom is -0.497 e. The van der Waals surface area contributed by atoms with Crippen molar-refractivity contribution in [2.75, 3.05) is 59.6 Å². The van der Waals surface area contributed by atoms with Crippen LogP contribution in [-0.4, -0.2) is 104 Å². The van der Waals surface area contributed by atoms with Gasteiger partial charge in [-0.05, 0) is 96.7 Å². The van der Waals surface area contributed by atoms with Crippen molar-refractivity contribution in [3.05, 3.63) is 142 Å². The SMILES string of the molecule is C=CCO[C@@]12Oc3ccc(OC(=O)Nc4ccc(OC)cc4OC)cc3[C@H]3[C@H](CCCCO)[C@@H](CCCCO)C=C(C(=NOCc4ccc([N+](=O)[O-])cc4)C[C@@H]1N(C)C(=O)OCCOCc1ccccc1)[C@H]32. The van der Waals surface area contributed by atoms with E-state index in [4.69, 9.17) is 43.2 Å². The number of hydrogen-bond acceptors (Lipinski definition) is 15. The number of allylic oxidation sites excluding steroid dienone is 1. The normalized spacial score (nSPS) is 21.2. The lowest BCUT2D eigenvalue weighted by Gasteiger charge is -2.59. The molecule has 6 atom stereocenters. The van der Waals surface area contributed by atoms with Gasteiger partial charge in [-0.25, -0.2) is 9.59 Å². The highest BCUT2D eigenvalue weighted by molar-refractivity contribution is 6.03. The summed E-state index contributed by atoms with van der Waals surface area (Å²) in [4.78, 5) is 46.4. The molecular formula is C54H64N4O14. The maximum atomic E-state index is 14.3. The largest absolute Gasteiger partial charge is 0.497 e. The summed E-state index contributed by atoms with van der Waals surface area (Å²) in [5, 5.41) is 38.9. The molecule has 2 aliphatic carbocycles. The minimum absolute atomic E-state index is 0.00439. The second-order valence-electron chi connectivity index (χ2n) is 17.8. The van der Waals surface area contributed by atoms with Gasteiger partial charge in [0, 0.05) is 56.4 Å². The van der Waals surface area contributed by atoms with E-state index < -0.39 is 40.8 Å². The van der Waals surface area contributed by atoms with Crippen LogP contribution < -0.4 is 24.3 Å². The molecule has 3 N–H and O–H groups in total. The van der Waals surface area contributed by atoms with E-state index in [1.807, 2.05) is 30.3 Å². The number of nitrogens with one attached hydrogen (secondary N) is 1. The van der Waals surface area contributed by atoms with Gasteiger partial charge in [0.1, 0.15) is 42.3 Å². The third kappa shape index (κ3) is 12.5. The molecule has 18 nitrogen and oxygen atoms in total. The maximum Gasteiger partial charge on any atom is 0.417 e. The topological polar surface area (TPSA) is 219 Å². The zero-order valence-corrected chi connectivity index (χ0v) is 40.9. The molecule has 72 heavy (non-hydrogen) atoms. The van der Waals surface area contributed by atoms with Crippen LogP contribution in [-0.2, 0) is 32.3 Å². The average molecular weight is 993 g/mol. The highest BCUT2D eigenvalue weighted by atomic mass is 16.7. The Morgan fingerprint density at radius 2 is 1.65 bits per heavy atom. The number of rotatable bonds is 25. The number of methoxy groups -OCH3 is 2. The van der Waals surface area contributed by atoms with Crippen molar-refractivity contribution >= 4 is 29.3 Å². The summed E-state index contributed by atoms with van der Waals surface area (Å²) in [6.45, 7) is 4.48. The zero-order chi connectivity index (χ0) is 51.0. The molecule has 4 aromatic rings. The van der Waals surface area contributed by atoms with E-state index in [9.17, 15) is 29.9 Å². The first-order chi connectivity index (χ1) is 35.0. The van der Waals surface area contributed by atoms with Crippen molar-refractivity contribution in [1.82, 2.24) is 4.90 Å². The Hall–Kier alpha value is -6.99. The Labute approximate surface area is 419 Å². The Morgan fingerprint density at radius 1 is 0.917 bits per heavy atom. The molecule has 4 aromatic carbocycles. The van der Waals surface area contributed by atoms with Gasteiger partial charge in [-0.15, -0.1) is 6.58 Å². The van der Waals surface area contributed by atoms with E-state index in [1.54, 1.807) is 61.7 Å². The Bertz CT molecular complexity index is 2540. The average Bonchev–Trinajstić information content (AvgIpc) is 3.39. The van der Waals surface area contributed by atoms with Crippen molar-refractivity contribution < 1.29 is 62.7 Å². The van der Waals surface area contributed by atoms with Gasteiger partial charge in [-0.1, -0.05) is 60.5 Å².